The molecule has 15 rings (SSSR count). The van der Waals surface area contributed by atoms with Gasteiger partial charge in [0.2, 0.25) is 59.3 Å². The molecule has 0 saturated carbocycles. The number of cyclic esters (lactones) is 1. The van der Waals surface area contributed by atoms with Crippen LogP contribution in [0.1, 0.15) is 112 Å². The number of nitrogens with zero attached hydrogens (tertiary/aromatic N) is 2. The quantitative estimate of drug-likeness (QED) is 0.0610. The number of carboxylic acid groups (broad SMARTS) is 1. The number of carbonyl (C=O) groups is 10. The number of aliphatic hydroxyl groups excluding tert-OH is 6. The maximum absolute atomic E-state index is 16.0. The van der Waals surface area contributed by atoms with E-state index in [0.717, 1.165) is 66.7 Å². The number of morpholine rings is 1. The number of carbonyl (C=O) groups excluding carboxylic acids is 9. The summed E-state index contributed by atoms with van der Waals surface area (Å²) in [5, 5.41) is 133. The predicted molar refractivity (Wildman–Crippen MR) is 435 cm³/mol. The van der Waals surface area contributed by atoms with Crippen LogP contribution in [0.25, 0.3) is 11.1 Å². The van der Waals surface area contributed by atoms with Crippen LogP contribution < -0.4 is 78.0 Å². The molecule has 0 aliphatic carbocycles. The summed E-state index contributed by atoms with van der Waals surface area (Å²) in [6.07, 6.45) is -19.5. The van der Waals surface area contributed by atoms with Crippen LogP contribution in [0.3, 0.4) is 0 Å². The van der Waals surface area contributed by atoms with E-state index in [1.54, 1.807) is 12.1 Å². The molecule has 0 spiro atoms. The Balaban J connectivity index is 0.000000506. The Labute approximate surface area is 721 Å². The maximum Gasteiger partial charge on any atom is 0.414 e. The van der Waals surface area contributed by atoms with Crippen LogP contribution in [0.15, 0.2) is 97.1 Å². The molecule has 1 unspecified atom stereocenters. The Bertz CT molecular complexity index is 5130. The third kappa shape index (κ3) is 20.9. The minimum absolute atomic E-state index is 0.0975. The molecule has 9 amide bonds. The molecule has 40 nitrogen and oxygen atoms in total. The van der Waals surface area contributed by atoms with Gasteiger partial charge in [0.25, 0.3) is 0 Å². The highest BCUT2D eigenvalue weighted by Gasteiger charge is 2.52. The summed E-state index contributed by atoms with van der Waals surface area (Å²) in [6, 6.07) is 4.04. The molecule has 672 valence electrons. The second kappa shape index (κ2) is 38.9. The first-order chi connectivity index (χ1) is 59.2. The lowest BCUT2D eigenvalue weighted by atomic mass is 9.86. The predicted octanol–water partition coefficient (Wildman–Crippen LogP) is 1.23. The average Bonchev–Trinajstić information content (AvgIpc) is 1.50. The van der Waals surface area contributed by atoms with Gasteiger partial charge in [0, 0.05) is 54.7 Å². The number of likely N-dealkylation sites (N-methyl/N-ethyl adjacent to an activating group) is 1. The zero-order valence-corrected chi connectivity index (χ0v) is 69.3. The summed E-state index contributed by atoms with van der Waals surface area (Å²) in [5.41, 5.74) is 8.95. The number of hydrogen-bond acceptors (Lipinski definition) is 30. The Morgan fingerprint density at radius 3 is 1.96 bits per heavy atom. The molecule has 11 bridgehead atoms. The number of aliphatic carboxylic acids is 1. The Hall–Kier alpha value is -11.6. The fourth-order valence-electron chi connectivity index (χ4n) is 15.3. The molecule has 19 atom stereocenters. The molecule has 22 N–H and O–H groups in total. The number of anilines is 2. The first-order valence-electron chi connectivity index (χ1n) is 39.5. The number of aliphatic hydroxyl groups is 6. The van der Waals surface area contributed by atoms with E-state index in [9.17, 15) is 89.0 Å². The minimum atomic E-state index is -2.35. The van der Waals surface area contributed by atoms with Crippen LogP contribution in [-0.2, 0) is 66.8 Å². The van der Waals surface area contributed by atoms with E-state index in [1.165, 1.54) is 50.9 Å². The van der Waals surface area contributed by atoms with E-state index in [-0.39, 0.29) is 71.0 Å². The van der Waals surface area contributed by atoms with E-state index >= 15 is 14.4 Å². The van der Waals surface area contributed by atoms with Crippen molar-refractivity contribution in [3.8, 4) is 57.1 Å². The maximum atomic E-state index is 16.0. The molecule has 4 saturated heterocycles. The first-order valence-corrected chi connectivity index (χ1v) is 40.3. The number of primary amides is 1. The highest BCUT2D eigenvalue weighted by atomic mass is 35.5. The van der Waals surface area contributed by atoms with Gasteiger partial charge in [-0.1, -0.05) is 55.2 Å². The van der Waals surface area contributed by atoms with Crippen LogP contribution in [0.4, 0.5) is 20.6 Å². The van der Waals surface area contributed by atoms with Crippen LogP contribution in [0.5, 0.6) is 46.0 Å². The molecule has 9 heterocycles. The Kier molecular flexibility index (Phi) is 28.8. The molecule has 0 aromatic heterocycles. The van der Waals surface area contributed by atoms with Crippen molar-refractivity contribution in [2.24, 2.45) is 17.4 Å². The largest absolute Gasteiger partial charge is 0.508 e. The van der Waals surface area contributed by atoms with Crippen LogP contribution in [0.2, 0.25) is 10.0 Å². The molecule has 9 aliphatic rings. The monoisotopic (exact) mass is 1780 g/mol. The van der Waals surface area contributed by atoms with Crippen molar-refractivity contribution in [3.05, 3.63) is 141 Å². The van der Waals surface area contributed by atoms with Crippen molar-refractivity contribution in [2.45, 2.75) is 169 Å². The van der Waals surface area contributed by atoms with Gasteiger partial charge in [0.05, 0.1) is 79.0 Å². The number of rotatable bonds is 17. The molecule has 4 fully saturated rings. The van der Waals surface area contributed by atoms with E-state index in [4.69, 9.17) is 72.6 Å². The summed E-state index contributed by atoms with van der Waals surface area (Å²) in [5.74, 6) is -16.6. The third-order valence-corrected chi connectivity index (χ3v) is 22.4. The Morgan fingerprint density at radius 2 is 1.36 bits per heavy atom. The highest BCUT2D eigenvalue weighted by Crippen LogP contribution is 2.50. The number of nitrogens with two attached hydrogens (primary N) is 2. The number of aromatic hydroxyl groups is 3. The molecule has 6 aromatic carbocycles. The van der Waals surface area contributed by atoms with Gasteiger partial charge in [-0.25, -0.2) is 14.0 Å². The number of carboxylic acids is 1. The van der Waals surface area contributed by atoms with Gasteiger partial charge in [0.1, 0.15) is 101 Å². The van der Waals surface area contributed by atoms with Crippen LogP contribution in [0, 0.1) is 11.7 Å². The van der Waals surface area contributed by atoms with Crippen molar-refractivity contribution < 1.29 is 141 Å². The average molecular weight is 1790 g/mol. The normalized spacial score (nSPS) is 27.8. The number of phenolic OH excluding ortho intramolecular Hbond substituents is 3. The molecular weight excluding hydrogens is 1690 g/mol. The summed E-state index contributed by atoms with van der Waals surface area (Å²) in [7, 11) is 1.47. The minimum Gasteiger partial charge on any atom is -0.508 e. The molecule has 0 radical (unpaired) electrons. The van der Waals surface area contributed by atoms with E-state index in [1.807, 2.05) is 18.7 Å². The summed E-state index contributed by atoms with van der Waals surface area (Å²) >= 11 is 14.1. The number of benzene rings is 6. The third-order valence-electron chi connectivity index (χ3n) is 21.8. The number of nitrogens with one attached hydrogen (secondary N) is 8. The van der Waals surface area contributed by atoms with E-state index in [2.05, 4.69) is 42.5 Å². The first kappa shape index (κ1) is 92.6. The van der Waals surface area contributed by atoms with Crippen molar-refractivity contribution in [2.75, 3.05) is 62.8 Å². The smallest absolute Gasteiger partial charge is 0.414 e. The summed E-state index contributed by atoms with van der Waals surface area (Å²) < 4.78 is 63.2. The van der Waals surface area contributed by atoms with Gasteiger partial charge in [-0.05, 0) is 128 Å². The number of ether oxygens (including phenoxy) is 8. The number of amides is 9. The summed E-state index contributed by atoms with van der Waals surface area (Å²) in [4.78, 5) is 143. The lowest BCUT2D eigenvalue weighted by Crippen LogP contribution is -2.64. The topological polar surface area (TPSA) is 602 Å². The molecule has 6 aromatic rings. The molecule has 125 heavy (non-hydrogen) atoms. The second-order valence-corrected chi connectivity index (χ2v) is 32.3. The van der Waals surface area contributed by atoms with Crippen molar-refractivity contribution in [1.29, 1.82) is 0 Å². The van der Waals surface area contributed by atoms with E-state index < -0.39 is 249 Å². The summed E-state index contributed by atoms with van der Waals surface area (Å²) in [6.45, 7) is 10.00. The number of halogens is 3. The SMILES string of the molecule is CC(=O)NC[C@H]1CN(c2ccc(N3CCOCC3)c(F)c2)C(=O)O1.CN[C@H](CC(C)C)C(=O)N[C@H]1C(=O)N[C@@H](CC(N)=O)C(=O)N[C@H]2C(=O)N[C@H]3C(=O)N[C@H](C(=O)N[C@@H](C(=O)O)c4cc(O)cc(O)c4-c4cc3ccc4O)[C@H](O)c3ccc(c(Cl)c3)Oc3cc2cc(c3O[C@@H]2O[C@H](CO)[C@@H](O)[C@H](O)[C@H]2O[C@H]2C[C@](C)(N)C(O)[C@H](C)O2)Oc2ccc(cc2Cl)[C@H]1O. The number of fused-ring (bicyclic) bond motifs is 15. The van der Waals surface area contributed by atoms with Gasteiger partial charge in [0.15, 0.2) is 29.9 Å². The number of hydrogen-bond donors (Lipinski definition) is 20. The fourth-order valence-corrected chi connectivity index (χ4v) is 15.8. The van der Waals surface area contributed by atoms with Gasteiger partial charge in [-0.3, -0.25) is 43.3 Å². The zero-order chi connectivity index (χ0) is 90.6. The fraction of sp³-hybridized carbons (Fsp3) is 0.439. The van der Waals surface area contributed by atoms with Gasteiger partial charge in [-0.15, -0.1) is 0 Å². The van der Waals surface area contributed by atoms with Crippen molar-refractivity contribution in [3.63, 3.8) is 0 Å². The van der Waals surface area contributed by atoms with Gasteiger partial charge >= 0.3 is 12.1 Å². The zero-order valence-electron chi connectivity index (χ0n) is 67.8. The van der Waals surface area contributed by atoms with Gasteiger partial charge in [-0.2, -0.15) is 0 Å². The standard InChI is InChI=1S/C66H75Cl2N9O24.C16H20FN3O4/c1-23(2)12-34(71-5)58(88)76-49-51(83)26-7-10-38(32(67)14-26)97-40-16-28-17-41(55(40)101-65-56(54(86)53(85)42(22-78)99-65)100-44-21-66(4,70)57(87)24(3)96-44)98-39-11-8-27(15-33(39)68)52(84)50-63(93)75-48(64(94)95)31-18-29(79)19-37(81)45(31)30-13-25(6-9-36(30)80)46(60(90)77-50)74-61(91)47(28)73-59(89)35(20-43(69)82)72-62(49)92;1-11(21)18-9-13-10-20(16(22)24-13)12-2-3-15(14(17)8-12)19-4-6-23-7-5-19/h6-11,13-19,23-24,34-35,42,44,46-54,56-57,65,71,78-81,83-87H,12,20-22,70H2,1-5H3,(H2,69,82)(H,72,92)(H,73,89)(H,74,91)(H,75,93)(H,76,88)(H,77,90)(H,94,95);2-3,8,13H,4-7,9-10H2,1H3,(H,18,21)/t24-,34+,35-,42+,44-,46+,47+,48+,49+,50-,51+,52+,53+,54-,56+,57?,65-,66-;13-/m00/s1. The van der Waals surface area contributed by atoms with Crippen molar-refractivity contribution >= 4 is 93.9 Å². The van der Waals surface area contributed by atoms with Crippen LogP contribution >= 0.6 is 23.2 Å². The number of phenols is 3. The van der Waals surface area contributed by atoms with Gasteiger partial charge < -0.3 is 148 Å². The second-order valence-electron chi connectivity index (χ2n) is 31.5. The lowest BCUT2D eigenvalue weighted by Gasteiger charge is -2.47. The van der Waals surface area contributed by atoms with Crippen LogP contribution in [-0.4, -0.2) is 248 Å². The Morgan fingerprint density at radius 1 is 0.728 bits per heavy atom. The van der Waals surface area contributed by atoms with E-state index in [0.29, 0.717) is 37.7 Å². The van der Waals surface area contributed by atoms with Crippen molar-refractivity contribution in [1.82, 2.24) is 42.5 Å². The lowest BCUT2D eigenvalue weighted by molar-refractivity contribution is -0.333. The molecule has 43 heteroatoms. The molecule has 9 aliphatic heterocycles. The molecular formula is C82H95Cl2FN12O28. The highest BCUT2D eigenvalue weighted by molar-refractivity contribution is 6.32.